The minimum Gasteiger partial charge on any atom is -0.394 e. The number of carbonyl (C=O) groups is 1. The number of aliphatic hydroxyl groups excluding tert-OH is 3. The predicted molar refractivity (Wildman–Crippen MR) is 71.6 cm³/mol. The SMILES string of the molecule is CC(=O)N[C@H]1C(OCC(Cl)(Cl)Cl)O[C@H](CO)[C@@H](O)[C@@H]1O. The molecule has 4 N–H and O–H groups in total. The van der Waals surface area contributed by atoms with Gasteiger partial charge < -0.3 is 30.1 Å². The molecule has 0 spiro atoms. The largest absolute Gasteiger partial charge is 0.394 e. The highest BCUT2D eigenvalue weighted by Gasteiger charge is 2.45. The Labute approximate surface area is 130 Å². The molecule has 1 fully saturated rings. The molecule has 1 aliphatic rings. The molecule has 1 heterocycles. The number of aliphatic hydroxyl groups is 3. The summed E-state index contributed by atoms with van der Waals surface area (Å²) in [5, 5.41) is 31.2. The molecular formula is C10H16Cl3NO6. The van der Waals surface area contributed by atoms with Gasteiger partial charge in [0, 0.05) is 6.92 Å². The molecule has 1 unspecified atom stereocenters. The molecule has 0 aromatic carbocycles. The zero-order valence-corrected chi connectivity index (χ0v) is 12.8. The van der Waals surface area contributed by atoms with Crippen LogP contribution in [0, 0.1) is 0 Å². The van der Waals surface area contributed by atoms with Gasteiger partial charge in [0.1, 0.15) is 24.4 Å². The Morgan fingerprint density at radius 3 is 2.40 bits per heavy atom. The van der Waals surface area contributed by atoms with Crippen molar-refractivity contribution in [1.29, 1.82) is 0 Å². The van der Waals surface area contributed by atoms with Crippen molar-refractivity contribution in [2.24, 2.45) is 0 Å². The van der Waals surface area contributed by atoms with E-state index in [1.54, 1.807) is 0 Å². The lowest BCUT2D eigenvalue weighted by Gasteiger charge is -2.42. The highest BCUT2D eigenvalue weighted by atomic mass is 35.6. The van der Waals surface area contributed by atoms with Crippen LogP contribution >= 0.6 is 34.8 Å². The Bertz CT molecular complexity index is 339. The quantitative estimate of drug-likeness (QED) is 0.499. The Kier molecular flexibility index (Phi) is 6.75. The van der Waals surface area contributed by atoms with Gasteiger partial charge in [0.05, 0.1) is 13.2 Å². The van der Waals surface area contributed by atoms with Gasteiger partial charge in [-0.05, 0) is 0 Å². The van der Waals surface area contributed by atoms with Crippen molar-refractivity contribution in [2.45, 2.75) is 41.4 Å². The van der Waals surface area contributed by atoms with Gasteiger partial charge in [-0.2, -0.15) is 0 Å². The van der Waals surface area contributed by atoms with Crippen molar-refractivity contribution >= 4 is 40.7 Å². The first-order valence-electron chi connectivity index (χ1n) is 5.73. The molecular weight excluding hydrogens is 336 g/mol. The lowest BCUT2D eigenvalue weighted by atomic mass is 9.97. The zero-order chi connectivity index (χ0) is 15.5. The van der Waals surface area contributed by atoms with E-state index in [-0.39, 0.29) is 6.61 Å². The number of halogens is 3. The van der Waals surface area contributed by atoms with E-state index >= 15 is 0 Å². The minimum absolute atomic E-state index is 0.362. The van der Waals surface area contributed by atoms with E-state index in [1.807, 2.05) is 0 Å². The highest BCUT2D eigenvalue weighted by molar-refractivity contribution is 6.67. The monoisotopic (exact) mass is 351 g/mol. The topological polar surface area (TPSA) is 108 Å². The van der Waals surface area contributed by atoms with E-state index in [2.05, 4.69) is 5.32 Å². The first-order chi connectivity index (χ1) is 9.15. The maximum absolute atomic E-state index is 11.1. The number of hydrogen-bond acceptors (Lipinski definition) is 6. The average Bonchev–Trinajstić information content (AvgIpc) is 2.32. The van der Waals surface area contributed by atoms with Gasteiger partial charge >= 0.3 is 0 Å². The summed E-state index contributed by atoms with van der Waals surface area (Å²) in [6.45, 7) is 0.321. The molecule has 10 heteroatoms. The third kappa shape index (κ3) is 5.16. The molecule has 20 heavy (non-hydrogen) atoms. The fourth-order valence-corrected chi connectivity index (χ4v) is 1.98. The number of nitrogens with one attached hydrogen (secondary N) is 1. The second kappa shape index (κ2) is 7.42. The first kappa shape index (κ1) is 18.2. The summed E-state index contributed by atoms with van der Waals surface area (Å²) in [5.41, 5.74) is 0. The van der Waals surface area contributed by atoms with Crippen molar-refractivity contribution in [3.05, 3.63) is 0 Å². The van der Waals surface area contributed by atoms with Crippen LogP contribution in [0.15, 0.2) is 0 Å². The van der Waals surface area contributed by atoms with Gasteiger partial charge in [0.15, 0.2) is 6.29 Å². The van der Waals surface area contributed by atoms with Crippen molar-refractivity contribution in [2.75, 3.05) is 13.2 Å². The summed E-state index contributed by atoms with van der Waals surface area (Å²) in [4.78, 5) is 11.1. The molecule has 0 aromatic heterocycles. The summed E-state index contributed by atoms with van der Waals surface area (Å²) in [6, 6.07) is -1.06. The predicted octanol–water partition coefficient (Wildman–Crippen LogP) is -0.683. The van der Waals surface area contributed by atoms with Crippen LogP contribution in [0.5, 0.6) is 0 Å². The van der Waals surface area contributed by atoms with E-state index in [9.17, 15) is 15.0 Å². The fourth-order valence-electron chi connectivity index (χ4n) is 1.79. The Balaban J connectivity index is 2.80. The molecule has 1 amide bonds. The standard InChI is InChI=1S/C10H16Cl3NO6/c1-4(16)14-6-8(18)7(17)5(2-15)20-9(6)19-3-10(11,12)13/h5-9,15,17-18H,2-3H2,1H3,(H,14,16)/t5-,6-,7-,8-,9?/m1/s1. The van der Waals surface area contributed by atoms with Gasteiger partial charge in [-0.25, -0.2) is 0 Å². The molecule has 5 atom stereocenters. The maximum Gasteiger partial charge on any atom is 0.217 e. The van der Waals surface area contributed by atoms with Crippen LogP contribution in [0.3, 0.4) is 0 Å². The average molecular weight is 353 g/mol. The van der Waals surface area contributed by atoms with E-state index in [0.717, 1.165) is 0 Å². The van der Waals surface area contributed by atoms with Crippen molar-refractivity contribution in [3.63, 3.8) is 0 Å². The Morgan fingerprint density at radius 1 is 1.35 bits per heavy atom. The Hall–Kier alpha value is 0.140. The molecule has 0 bridgehead atoms. The van der Waals surface area contributed by atoms with Crippen LogP contribution in [-0.2, 0) is 14.3 Å². The summed E-state index contributed by atoms with van der Waals surface area (Å²) in [5.74, 6) is -0.463. The summed E-state index contributed by atoms with van der Waals surface area (Å²) >= 11 is 16.6. The van der Waals surface area contributed by atoms with Crippen molar-refractivity contribution in [3.8, 4) is 0 Å². The molecule has 7 nitrogen and oxygen atoms in total. The number of amides is 1. The van der Waals surface area contributed by atoms with Crippen LogP contribution in [0.2, 0.25) is 0 Å². The van der Waals surface area contributed by atoms with Crippen molar-refractivity contribution < 1.29 is 29.6 Å². The lowest BCUT2D eigenvalue weighted by molar-refractivity contribution is -0.269. The lowest BCUT2D eigenvalue weighted by Crippen LogP contribution is -2.64. The first-order valence-corrected chi connectivity index (χ1v) is 6.87. The van der Waals surface area contributed by atoms with Crippen LogP contribution in [0.1, 0.15) is 6.92 Å². The molecule has 0 aliphatic carbocycles. The van der Waals surface area contributed by atoms with E-state index in [4.69, 9.17) is 49.4 Å². The third-order valence-corrected chi connectivity index (χ3v) is 2.99. The van der Waals surface area contributed by atoms with E-state index in [1.165, 1.54) is 6.92 Å². The summed E-state index contributed by atoms with van der Waals surface area (Å²) in [7, 11) is 0. The maximum atomic E-state index is 11.1. The molecule has 0 saturated carbocycles. The van der Waals surface area contributed by atoms with Gasteiger partial charge in [-0.15, -0.1) is 0 Å². The van der Waals surface area contributed by atoms with Crippen LogP contribution in [0.25, 0.3) is 0 Å². The molecule has 0 aromatic rings. The van der Waals surface area contributed by atoms with Crippen LogP contribution < -0.4 is 5.32 Å². The summed E-state index contributed by atoms with van der Waals surface area (Å²) < 4.78 is 8.74. The van der Waals surface area contributed by atoms with Crippen molar-refractivity contribution in [1.82, 2.24) is 5.32 Å². The fraction of sp³-hybridized carbons (Fsp3) is 0.900. The number of carbonyl (C=O) groups excluding carboxylic acids is 1. The van der Waals surface area contributed by atoms with Crippen LogP contribution in [-0.4, -0.2) is 68.9 Å². The minimum atomic E-state index is -1.71. The second-order valence-corrected chi connectivity index (χ2v) is 6.88. The van der Waals surface area contributed by atoms with Crippen LogP contribution in [0.4, 0.5) is 0 Å². The smallest absolute Gasteiger partial charge is 0.217 e. The van der Waals surface area contributed by atoms with E-state index < -0.39 is 47.0 Å². The number of alkyl halides is 3. The Morgan fingerprint density at radius 2 is 1.95 bits per heavy atom. The van der Waals surface area contributed by atoms with Gasteiger partial charge in [0.2, 0.25) is 9.70 Å². The second-order valence-electron chi connectivity index (χ2n) is 4.36. The third-order valence-electron chi connectivity index (χ3n) is 2.66. The van der Waals surface area contributed by atoms with Gasteiger partial charge in [0.25, 0.3) is 0 Å². The number of rotatable bonds is 4. The van der Waals surface area contributed by atoms with E-state index in [0.29, 0.717) is 0 Å². The summed E-state index contributed by atoms with van der Waals surface area (Å²) in [6.07, 6.45) is -5.03. The number of hydrogen-bond donors (Lipinski definition) is 4. The molecule has 118 valence electrons. The molecule has 1 rings (SSSR count). The molecule has 1 saturated heterocycles. The molecule has 1 aliphatic heterocycles. The molecule has 0 radical (unpaired) electrons. The van der Waals surface area contributed by atoms with Gasteiger partial charge in [-0.1, -0.05) is 34.8 Å². The number of ether oxygens (including phenoxy) is 2. The van der Waals surface area contributed by atoms with Gasteiger partial charge in [-0.3, -0.25) is 4.79 Å². The highest BCUT2D eigenvalue weighted by Crippen LogP contribution is 2.29. The zero-order valence-electron chi connectivity index (χ0n) is 10.5. The normalized spacial score (nSPS) is 34.9.